The second kappa shape index (κ2) is 7.83. The summed E-state index contributed by atoms with van der Waals surface area (Å²) in [5, 5.41) is 0.356. The van der Waals surface area contributed by atoms with Crippen LogP contribution in [0.15, 0.2) is 17.0 Å². The molecule has 3 N–H and O–H groups in total. The maximum absolute atomic E-state index is 12.2. The fourth-order valence-electron chi connectivity index (χ4n) is 1.66. The first-order valence-corrected chi connectivity index (χ1v) is 8.37. The summed E-state index contributed by atoms with van der Waals surface area (Å²) in [6, 6.07) is 2.93. The first-order valence-electron chi connectivity index (χ1n) is 6.51. The molecule has 7 heteroatoms. The van der Waals surface area contributed by atoms with Crippen LogP contribution in [0.25, 0.3) is 0 Å². The fourth-order valence-corrected chi connectivity index (χ4v) is 3.21. The lowest BCUT2D eigenvalue weighted by Gasteiger charge is -2.11. The summed E-state index contributed by atoms with van der Waals surface area (Å²) in [5.41, 5.74) is 6.47. The molecule has 0 amide bonds. The van der Waals surface area contributed by atoms with Crippen molar-refractivity contribution >= 4 is 27.3 Å². The van der Waals surface area contributed by atoms with Gasteiger partial charge in [0.25, 0.3) is 0 Å². The Labute approximate surface area is 125 Å². The van der Waals surface area contributed by atoms with Gasteiger partial charge in [-0.2, -0.15) is 0 Å². The third-order valence-corrected chi connectivity index (χ3v) is 4.62. The van der Waals surface area contributed by atoms with Crippen molar-refractivity contribution in [1.29, 1.82) is 0 Å². The Kier molecular flexibility index (Phi) is 6.75. The van der Waals surface area contributed by atoms with Crippen molar-refractivity contribution in [3.63, 3.8) is 0 Å². The molecule has 5 nitrogen and oxygen atoms in total. The Morgan fingerprint density at radius 1 is 1.35 bits per heavy atom. The number of anilines is 1. The zero-order chi connectivity index (χ0) is 15.2. The predicted octanol–water partition coefficient (Wildman–Crippen LogP) is 2.33. The Morgan fingerprint density at radius 2 is 2.05 bits per heavy atom. The van der Waals surface area contributed by atoms with Crippen LogP contribution in [0.3, 0.4) is 0 Å². The van der Waals surface area contributed by atoms with Gasteiger partial charge in [-0.05, 0) is 37.5 Å². The van der Waals surface area contributed by atoms with E-state index in [4.69, 9.17) is 22.1 Å². The van der Waals surface area contributed by atoms with Crippen molar-refractivity contribution in [3.8, 4) is 0 Å². The van der Waals surface area contributed by atoms with Crippen molar-refractivity contribution in [1.82, 2.24) is 4.72 Å². The third-order valence-electron chi connectivity index (χ3n) is 2.69. The first kappa shape index (κ1) is 17.2. The van der Waals surface area contributed by atoms with Gasteiger partial charge in [0.1, 0.15) is 0 Å². The lowest BCUT2D eigenvalue weighted by atomic mass is 10.2. The summed E-state index contributed by atoms with van der Waals surface area (Å²) in [6.07, 6.45) is 1.58. The summed E-state index contributed by atoms with van der Waals surface area (Å²) in [7, 11) is -3.57. The molecular weight excluding hydrogens is 300 g/mol. The van der Waals surface area contributed by atoms with E-state index < -0.39 is 10.0 Å². The summed E-state index contributed by atoms with van der Waals surface area (Å²) >= 11 is 5.85. The highest BCUT2D eigenvalue weighted by Crippen LogP contribution is 2.25. The van der Waals surface area contributed by atoms with Gasteiger partial charge >= 0.3 is 0 Å². The molecular formula is C13H21ClN2O3S. The third kappa shape index (κ3) is 4.94. The molecule has 0 radical (unpaired) electrons. The molecule has 0 aliphatic heterocycles. The molecule has 0 saturated heterocycles. The minimum atomic E-state index is -3.57. The van der Waals surface area contributed by atoms with Crippen molar-refractivity contribution < 1.29 is 13.2 Å². The van der Waals surface area contributed by atoms with Crippen LogP contribution in [0.2, 0.25) is 5.02 Å². The number of hydrogen-bond acceptors (Lipinski definition) is 4. The highest BCUT2D eigenvalue weighted by Gasteiger charge is 2.17. The Morgan fingerprint density at radius 3 is 2.70 bits per heavy atom. The number of nitrogens with two attached hydrogens (primary N) is 1. The van der Waals surface area contributed by atoms with Gasteiger partial charge in [0.15, 0.2) is 0 Å². The summed E-state index contributed by atoms with van der Waals surface area (Å²) < 4.78 is 32.1. The lowest BCUT2D eigenvalue weighted by Crippen LogP contribution is -2.26. The van der Waals surface area contributed by atoms with Crippen LogP contribution in [-0.2, 0) is 14.8 Å². The number of ether oxygens (including phenoxy) is 1. The normalized spacial score (nSPS) is 11.8. The van der Waals surface area contributed by atoms with E-state index in [1.807, 2.05) is 6.92 Å². The Balaban J connectivity index is 2.63. The molecule has 0 aliphatic rings. The van der Waals surface area contributed by atoms with Crippen molar-refractivity contribution in [2.24, 2.45) is 0 Å². The van der Waals surface area contributed by atoms with Gasteiger partial charge in [-0.15, -0.1) is 0 Å². The van der Waals surface area contributed by atoms with Gasteiger partial charge in [-0.25, -0.2) is 13.1 Å². The molecule has 0 fully saturated rings. The predicted molar refractivity (Wildman–Crippen MR) is 81.5 cm³/mol. The molecule has 0 spiro atoms. The topological polar surface area (TPSA) is 81.4 Å². The van der Waals surface area contributed by atoms with Gasteiger partial charge in [-0.3, -0.25) is 0 Å². The van der Waals surface area contributed by atoms with E-state index >= 15 is 0 Å². The second-order valence-electron chi connectivity index (χ2n) is 4.50. The van der Waals surface area contributed by atoms with E-state index in [1.165, 1.54) is 6.07 Å². The van der Waals surface area contributed by atoms with Gasteiger partial charge in [0.05, 0.1) is 15.6 Å². The van der Waals surface area contributed by atoms with Crippen LogP contribution in [0.5, 0.6) is 0 Å². The average Bonchev–Trinajstić information content (AvgIpc) is 2.37. The molecule has 0 aliphatic carbocycles. The molecule has 0 unspecified atom stereocenters. The fraction of sp³-hybridized carbons (Fsp3) is 0.538. The highest BCUT2D eigenvalue weighted by molar-refractivity contribution is 7.89. The quantitative estimate of drug-likeness (QED) is 0.569. The zero-order valence-corrected chi connectivity index (χ0v) is 13.4. The monoisotopic (exact) mass is 320 g/mol. The van der Waals surface area contributed by atoms with E-state index in [0.717, 1.165) is 6.42 Å². The van der Waals surface area contributed by atoms with E-state index in [1.54, 1.807) is 13.0 Å². The number of rotatable bonds is 8. The van der Waals surface area contributed by atoms with Gasteiger partial charge in [-0.1, -0.05) is 18.5 Å². The minimum absolute atomic E-state index is 0.161. The molecule has 114 valence electrons. The minimum Gasteiger partial charge on any atom is -0.397 e. The van der Waals surface area contributed by atoms with Crippen molar-refractivity contribution in [2.45, 2.75) is 31.6 Å². The molecule has 20 heavy (non-hydrogen) atoms. The standard InChI is InChI=1S/C13H21ClN2O3S/c1-3-6-19-7-4-5-16-20(17,18)13-9-12(15)11(14)8-10(13)2/h8-9,16H,3-7,15H2,1-2H3. The molecule has 0 heterocycles. The number of aryl methyl sites for hydroxylation is 1. The second-order valence-corrected chi connectivity index (χ2v) is 6.65. The molecule has 1 aromatic rings. The number of nitrogen functional groups attached to an aromatic ring is 1. The van der Waals surface area contributed by atoms with Crippen LogP contribution < -0.4 is 10.5 Å². The van der Waals surface area contributed by atoms with Crippen LogP contribution in [0, 0.1) is 6.92 Å². The Hall–Kier alpha value is -0.820. The largest absolute Gasteiger partial charge is 0.397 e. The number of nitrogens with one attached hydrogen (secondary N) is 1. The smallest absolute Gasteiger partial charge is 0.240 e. The maximum Gasteiger partial charge on any atom is 0.240 e. The van der Waals surface area contributed by atoms with E-state index in [2.05, 4.69) is 4.72 Å². The van der Waals surface area contributed by atoms with Crippen LogP contribution in [0.1, 0.15) is 25.3 Å². The number of sulfonamides is 1. The van der Waals surface area contributed by atoms with Gasteiger partial charge in [0.2, 0.25) is 10.0 Å². The molecule has 0 atom stereocenters. The lowest BCUT2D eigenvalue weighted by molar-refractivity contribution is 0.133. The molecule has 0 bridgehead atoms. The van der Waals surface area contributed by atoms with E-state index in [-0.39, 0.29) is 10.6 Å². The van der Waals surface area contributed by atoms with Crippen LogP contribution >= 0.6 is 11.6 Å². The highest BCUT2D eigenvalue weighted by atomic mass is 35.5. The SMILES string of the molecule is CCCOCCCNS(=O)(=O)c1cc(N)c(Cl)cc1C. The van der Waals surface area contributed by atoms with E-state index in [0.29, 0.717) is 36.8 Å². The molecule has 1 aromatic carbocycles. The van der Waals surface area contributed by atoms with Crippen molar-refractivity contribution in [3.05, 3.63) is 22.7 Å². The zero-order valence-electron chi connectivity index (χ0n) is 11.8. The van der Waals surface area contributed by atoms with Gasteiger partial charge < -0.3 is 10.5 Å². The molecule has 0 aromatic heterocycles. The summed E-state index contributed by atoms with van der Waals surface area (Å²) in [5.74, 6) is 0. The number of hydrogen-bond donors (Lipinski definition) is 2. The van der Waals surface area contributed by atoms with Crippen LogP contribution in [0.4, 0.5) is 5.69 Å². The molecule has 1 rings (SSSR count). The summed E-state index contributed by atoms with van der Waals surface area (Å²) in [6.45, 7) is 5.27. The average molecular weight is 321 g/mol. The maximum atomic E-state index is 12.2. The number of halogens is 1. The van der Waals surface area contributed by atoms with Crippen LogP contribution in [-0.4, -0.2) is 28.2 Å². The van der Waals surface area contributed by atoms with E-state index in [9.17, 15) is 8.42 Å². The molecule has 0 saturated carbocycles. The first-order chi connectivity index (χ1) is 9.38. The summed E-state index contributed by atoms with van der Waals surface area (Å²) in [4.78, 5) is 0.161. The van der Waals surface area contributed by atoms with Gasteiger partial charge in [0, 0.05) is 19.8 Å². The van der Waals surface area contributed by atoms with Crippen molar-refractivity contribution in [2.75, 3.05) is 25.5 Å². The Bertz CT molecular complexity index is 547. The number of benzene rings is 1.